The maximum atomic E-state index is 13.8. The van der Waals surface area contributed by atoms with Crippen LogP contribution in [0.5, 0.6) is 5.75 Å². The van der Waals surface area contributed by atoms with E-state index in [0.717, 1.165) is 64.8 Å². The molecule has 3 saturated heterocycles. The molecule has 5 amide bonds. The van der Waals surface area contributed by atoms with Crippen LogP contribution in [0.4, 0.5) is 11.4 Å². The number of benzene rings is 3. The van der Waals surface area contributed by atoms with Crippen molar-refractivity contribution in [2.24, 2.45) is 16.7 Å². The lowest BCUT2D eigenvalue weighted by atomic mass is 9.49. The van der Waals surface area contributed by atoms with Crippen LogP contribution in [0, 0.1) is 42.1 Å². The van der Waals surface area contributed by atoms with Gasteiger partial charge in [-0.1, -0.05) is 45.6 Å². The molecule has 1 aliphatic carbocycles. The third-order valence-electron chi connectivity index (χ3n) is 13.1. The van der Waals surface area contributed by atoms with Gasteiger partial charge in [-0.2, -0.15) is 0 Å². The van der Waals surface area contributed by atoms with E-state index in [4.69, 9.17) is 11.3 Å². The predicted molar refractivity (Wildman–Crippen MR) is 211 cm³/mol. The molecule has 5 heterocycles. The summed E-state index contributed by atoms with van der Waals surface area (Å²) in [6, 6.07) is 16.1. The highest BCUT2D eigenvalue weighted by molar-refractivity contribution is 6.23. The highest BCUT2D eigenvalue weighted by atomic mass is 16.5. The van der Waals surface area contributed by atoms with E-state index in [2.05, 4.69) is 65.6 Å². The summed E-state index contributed by atoms with van der Waals surface area (Å²) in [5, 5.41) is 2.23. The van der Waals surface area contributed by atoms with E-state index in [1.807, 2.05) is 42.2 Å². The van der Waals surface area contributed by atoms with Gasteiger partial charge in [-0.3, -0.25) is 39.1 Å². The molecule has 0 aromatic heterocycles. The molecule has 1 saturated carbocycles. The van der Waals surface area contributed by atoms with Crippen LogP contribution in [0.2, 0.25) is 0 Å². The number of carbonyl (C=O) groups is 5. The summed E-state index contributed by atoms with van der Waals surface area (Å²) in [4.78, 5) is 75.3. The topological polar surface area (TPSA) is 124 Å². The van der Waals surface area contributed by atoms with E-state index < -0.39 is 29.7 Å². The third-order valence-corrected chi connectivity index (χ3v) is 13.1. The van der Waals surface area contributed by atoms with Crippen molar-refractivity contribution >= 4 is 40.9 Å². The first-order chi connectivity index (χ1) is 27.1. The van der Waals surface area contributed by atoms with Gasteiger partial charge in [0.05, 0.1) is 17.7 Å². The van der Waals surface area contributed by atoms with Crippen molar-refractivity contribution in [3.05, 3.63) is 99.4 Å². The Morgan fingerprint density at radius 2 is 1.56 bits per heavy atom. The summed E-state index contributed by atoms with van der Waals surface area (Å²) < 4.78 is 6.55. The highest BCUT2D eigenvalue weighted by Crippen LogP contribution is 2.59. The van der Waals surface area contributed by atoms with Crippen molar-refractivity contribution in [3.8, 4) is 17.6 Å². The largest absolute Gasteiger partial charge is 0.489 e. The number of imide groups is 2. The zero-order valence-electron chi connectivity index (χ0n) is 32.7. The summed E-state index contributed by atoms with van der Waals surface area (Å²) in [6.07, 6.45) is 0.0972. The molecule has 0 radical (unpaired) electrons. The molecule has 9 rings (SSSR count). The smallest absolute Gasteiger partial charge is 0.262 e. The number of anilines is 1. The molecule has 0 bridgehead atoms. The SMILES string of the molecule is [C-]#[N+]c1ccc(OC2C(C)(C)C(N3Cc4cc(C#CC5CN(C6CN(c7ccc8c(c7)C(=O)N(C7CCC(=O)NC7=O)C8=O)C6)C5)ccc4C3=O)C2(C)C)cc1C. The average Bonchev–Trinajstić information content (AvgIpc) is 3.57. The Balaban J connectivity index is 0.783. The first-order valence-electron chi connectivity index (χ1n) is 19.6. The Morgan fingerprint density at radius 1 is 0.842 bits per heavy atom. The van der Waals surface area contributed by atoms with Crippen molar-refractivity contribution in [2.75, 3.05) is 31.1 Å². The fraction of sp³-hybridized carbons (Fsp3) is 0.422. The van der Waals surface area contributed by atoms with Crippen LogP contribution < -0.4 is 15.0 Å². The second kappa shape index (κ2) is 13.0. The number of nitrogens with zero attached hydrogens (tertiary/aromatic N) is 5. The van der Waals surface area contributed by atoms with Crippen LogP contribution in [0.3, 0.4) is 0 Å². The lowest BCUT2D eigenvalue weighted by molar-refractivity contribution is -0.199. The zero-order chi connectivity index (χ0) is 40.1. The van der Waals surface area contributed by atoms with Crippen LogP contribution in [-0.4, -0.2) is 94.6 Å². The molecule has 5 aliphatic heterocycles. The van der Waals surface area contributed by atoms with Gasteiger partial charge in [-0.15, -0.1) is 0 Å². The minimum atomic E-state index is -0.980. The number of rotatable bonds is 6. The molecule has 12 heteroatoms. The zero-order valence-corrected chi connectivity index (χ0v) is 32.7. The predicted octanol–water partition coefficient (Wildman–Crippen LogP) is 4.96. The number of nitrogens with one attached hydrogen (secondary N) is 1. The lowest BCUT2D eigenvalue weighted by Crippen LogP contribution is -2.74. The highest BCUT2D eigenvalue weighted by Gasteiger charge is 2.67. The van der Waals surface area contributed by atoms with Gasteiger partial charge in [0.15, 0.2) is 5.69 Å². The first-order valence-corrected chi connectivity index (χ1v) is 19.6. The first kappa shape index (κ1) is 36.6. The molecule has 6 aliphatic rings. The summed E-state index contributed by atoms with van der Waals surface area (Å²) in [7, 11) is 0. The van der Waals surface area contributed by atoms with Crippen LogP contribution in [-0.2, 0) is 16.1 Å². The minimum absolute atomic E-state index is 0.0267. The van der Waals surface area contributed by atoms with Gasteiger partial charge < -0.3 is 14.5 Å². The van der Waals surface area contributed by atoms with Crippen molar-refractivity contribution in [3.63, 3.8) is 0 Å². The summed E-state index contributed by atoms with van der Waals surface area (Å²) in [5.74, 6) is 5.86. The molecule has 0 spiro atoms. The number of hydrogen-bond acceptors (Lipinski definition) is 8. The Hall–Kier alpha value is -5.98. The monoisotopic (exact) mass is 764 g/mol. The number of amides is 5. The maximum absolute atomic E-state index is 13.8. The van der Waals surface area contributed by atoms with E-state index in [9.17, 15) is 24.0 Å². The van der Waals surface area contributed by atoms with E-state index in [-0.39, 0.29) is 53.2 Å². The quantitative estimate of drug-likeness (QED) is 0.213. The average molecular weight is 765 g/mol. The number of ether oxygens (including phenoxy) is 1. The standard InChI is InChI=1S/C45H44N6O6/c1-25-17-31(11-14-35(25)46-6)57-43-44(2,3)42(45(43,4)5)50-22-28-18-26(9-12-32(28)39(50)54)7-8-27-20-48(21-27)30-23-49(24-30)29-10-13-33-34(19-29)41(56)51(40(33)55)36-15-16-37(52)47-38(36)53/h9-14,17-19,27,30,36,42-43H,15-16,20-24H2,1-5H3,(H,47,52,53). The van der Waals surface area contributed by atoms with E-state index in [0.29, 0.717) is 23.8 Å². The molecule has 1 unspecified atom stereocenters. The Morgan fingerprint density at radius 3 is 2.26 bits per heavy atom. The number of aryl methyl sites for hydroxylation is 1. The normalized spacial score (nSPS) is 25.1. The van der Waals surface area contributed by atoms with Gasteiger partial charge in [0.25, 0.3) is 17.7 Å². The summed E-state index contributed by atoms with van der Waals surface area (Å²) in [5.41, 5.74) is 4.97. The Bertz CT molecular complexity index is 2390. The maximum Gasteiger partial charge on any atom is 0.262 e. The van der Waals surface area contributed by atoms with Crippen LogP contribution in [0.15, 0.2) is 54.6 Å². The fourth-order valence-corrected chi connectivity index (χ4v) is 10.4. The van der Waals surface area contributed by atoms with E-state index in [1.54, 1.807) is 18.2 Å². The Kier molecular flexibility index (Phi) is 8.38. The summed E-state index contributed by atoms with van der Waals surface area (Å²) in [6.45, 7) is 21.8. The van der Waals surface area contributed by atoms with Crippen LogP contribution in [0.1, 0.15) is 88.3 Å². The minimum Gasteiger partial charge on any atom is -0.489 e. The Labute approximate surface area is 331 Å². The van der Waals surface area contributed by atoms with E-state index in [1.165, 1.54) is 0 Å². The number of fused-ring (bicyclic) bond motifs is 2. The van der Waals surface area contributed by atoms with Gasteiger partial charge in [-0.25, -0.2) is 4.85 Å². The van der Waals surface area contributed by atoms with Gasteiger partial charge in [0, 0.05) is 84.8 Å². The number of piperidine rings is 1. The molecule has 12 nitrogen and oxygen atoms in total. The molecule has 4 fully saturated rings. The van der Waals surface area contributed by atoms with Crippen molar-refractivity contribution < 1.29 is 28.7 Å². The van der Waals surface area contributed by atoms with Gasteiger partial charge in [0.1, 0.15) is 17.9 Å². The molecular weight excluding hydrogens is 721 g/mol. The molecule has 1 atom stereocenters. The summed E-state index contributed by atoms with van der Waals surface area (Å²) >= 11 is 0. The number of likely N-dealkylation sites (tertiary alicyclic amines) is 1. The van der Waals surface area contributed by atoms with Crippen molar-refractivity contribution in [1.82, 2.24) is 20.0 Å². The van der Waals surface area contributed by atoms with Crippen LogP contribution in [0.25, 0.3) is 4.85 Å². The fourth-order valence-electron chi connectivity index (χ4n) is 10.4. The second-order valence-electron chi connectivity index (χ2n) is 17.6. The number of hydrogen-bond donors (Lipinski definition) is 1. The molecule has 290 valence electrons. The number of carbonyl (C=O) groups excluding carboxylic acids is 5. The molecule has 57 heavy (non-hydrogen) atoms. The third kappa shape index (κ3) is 5.80. The molecular formula is C45H44N6O6. The van der Waals surface area contributed by atoms with Crippen LogP contribution >= 0.6 is 0 Å². The van der Waals surface area contributed by atoms with Gasteiger partial charge in [0.2, 0.25) is 11.8 Å². The molecule has 3 aromatic rings. The lowest BCUT2D eigenvalue weighted by Gasteiger charge is -2.65. The van der Waals surface area contributed by atoms with E-state index >= 15 is 0 Å². The van der Waals surface area contributed by atoms with Gasteiger partial charge >= 0.3 is 0 Å². The van der Waals surface area contributed by atoms with Crippen molar-refractivity contribution in [2.45, 2.75) is 78.2 Å². The van der Waals surface area contributed by atoms with Gasteiger partial charge in [-0.05, 0) is 73.0 Å². The van der Waals surface area contributed by atoms with Crippen molar-refractivity contribution in [1.29, 1.82) is 0 Å². The molecule has 3 aromatic carbocycles. The second-order valence-corrected chi connectivity index (χ2v) is 17.6. The molecule has 1 N–H and O–H groups in total.